The number of nitrogens with one attached hydrogen (secondary N) is 1. The van der Waals surface area contributed by atoms with Crippen molar-refractivity contribution in [3.63, 3.8) is 0 Å². The van der Waals surface area contributed by atoms with Gasteiger partial charge in [-0.3, -0.25) is 4.68 Å². The van der Waals surface area contributed by atoms with E-state index in [0.717, 1.165) is 16.3 Å². The lowest BCUT2D eigenvalue weighted by Gasteiger charge is -2.05. The molecule has 0 amide bonds. The third-order valence-electron chi connectivity index (χ3n) is 3.18. The number of hydrogen-bond donors (Lipinski definition) is 1. The predicted molar refractivity (Wildman–Crippen MR) is 82.1 cm³/mol. The van der Waals surface area contributed by atoms with Crippen LogP contribution < -0.4 is 5.32 Å². The summed E-state index contributed by atoms with van der Waals surface area (Å²) < 4.78 is 3.16. The highest BCUT2D eigenvalue weighted by Gasteiger charge is 2.18. The standard InChI is InChI=1S/C14H18N4S/c1-7(2)15-13-12-11(18(5)17-13)10-8(3)6-9(4)16-14(10)19-12/h6-7H,1-5H3,(H,15,17). The minimum Gasteiger partial charge on any atom is -0.365 e. The first-order valence-electron chi connectivity index (χ1n) is 6.47. The summed E-state index contributed by atoms with van der Waals surface area (Å²) in [6.45, 7) is 8.44. The maximum absolute atomic E-state index is 4.66. The highest BCUT2D eigenvalue weighted by molar-refractivity contribution is 7.26. The average Bonchev–Trinajstić information content (AvgIpc) is 2.77. The van der Waals surface area contributed by atoms with Gasteiger partial charge >= 0.3 is 0 Å². The van der Waals surface area contributed by atoms with Crippen LogP contribution in [0.5, 0.6) is 0 Å². The van der Waals surface area contributed by atoms with E-state index in [9.17, 15) is 0 Å². The van der Waals surface area contributed by atoms with Crippen molar-refractivity contribution in [3.05, 3.63) is 17.3 Å². The number of nitrogens with zero attached hydrogens (tertiary/aromatic N) is 3. The number of hydrogen-bond acceptors (Lipinski definition) is 4. The van der Waals surface area contributed by atoms with E-state index in [4.69, 9.17) is 0 Å². The van der Waals surface area contributed by atoms with Gasteiger partial charge < -0.3 is 5.32 Å². The van der Waals surface area contributed by atoms with Crippen LogP contribution in [0.15, 0.2) is 6.07 Å². The first-order valence-corrected chi connectivity index (χ1v) is 7.29. The zero-order chi connectivity index (χ0) is 13.7. The van der Waals surface area contributed by atoms with Crippen LogP contribution in [0.2, 0.25) is 0 Å². The van der Waals surface area contributed by atoms with Crippen LogP contribution in [0.4, 0.5) is 5.82 Å². The van der Waals surface area contributed by atoms with Crippen LogP contribution in [0.1, 0.15) is 25.1 Å². The van der Waals surface area contributed by atoms with Gasteiger partial charge in [-0.25, -0.2) is 4.98 Å². The van der Waals surface area contributed by atoms with Crippen molar-refractivity contribution in [2.75, 3.05) is 5.32 Å². The Labute approximate surface area is 116 Å². The van der Waals surface area contributed by atoms with Gasteiger partial charge in [-0.2, -0.15) is 5.10 Å². The molecule has 0 saturated carbocycles. The van der Waals surface area contributed by atoms with E-state index in [1.807, 2.05) is 18.7 Å². The molecule has 0 radical (unpaired) electrons. The monoisotopic (exact) mass is 274 g/mol. The topological polar surface area (TPSA) is 42.7 Å². The van der Waals surface area contributed by atoms with E-state index in [-0.39, 0.29) is 0 Å². The molecule has 100 valence electrons. The first-order chi connectivity index (χ1) is 8.97. The van der Waals surface area contributed by atoms with E-state index in [2.05, 4.69) is 42.2 Å². The number of fused-ring (bicyclic) bond motifs is 3. The minimum atomic E-state index is 0.374. The molecule has 0 aliphatic heterocycles. The van der Waals surface area contributed by atoms with Crippen LogP contribution in [-0.2, 0) is 7.05 Å². The maximum atomic E-state index is 4.66. The summed E-state index contributed by atoms with van der Waals surface area (Å²) in [7, 11) is 2.00. The molecule has 0 unspecified atom stereocenters. The highest BCUT2D eigenvalue weighted by Crippen LogP contribution is 2.38. The molecule has 3 aromatic rings. The molecule has 5 heteroatoms. The Balaban J connectivity index is 2.38. The minimum absolute atomic E-state index is 0.374. The third-order valence-corrected chi connectivity index (χ3v) is 4.26. The number of anilines is 1. The summed E-state index contributed by atoms with van der Waals surface area (Å²) >= 11 is 1.72. The van der Waals surface area contributed by atoms with Crippen molar-refractivity contribution in [1.29, 1.82) is 0 Å². The first kappa shape index (κ1) is 12.4. The second-order valence-corrected chi connectivity index (χ2v) is 6.31. The lowest BCUT2D eigenvalue weighted by molar-refractivity contribution is 0.788. The van der Waals surface area contributed by atoms with Crippen LogP contribution in [-0.4, -0.2) is 20.8 Å². The third kappa shape index (κ3) is 1.89. The zero-order valence-corrected chi connectivity index (χ0v) is 12.7. The van der Waals surface area contributed by atoms with Gasteiger partial charge in [0.15, 0.2) is 5.82 Å². The van der Waals surface area contributed by atoms with Crippen molar-refractivity contribution in [2.45, 2.75) is 33.7 Å². The van der Waals surface area contributed by atoms with Crippen LogP contribution in [0, 0.1) is 13.8 Å². The van der Waals surface area contributed by atoms with Gasteiger partial charge in [0.05, 0.1) is 10.2 Å². The zero-order valence-electron chi connectivity index (χ0n) is 11.9. The summed E-state index contributed by atoms with van der Waals surface area (Å²) in [5.74, 6) is 0.965. The van der Waals surface area contributed by atoms with Gasteiger partial charge in [0.25, 0.3) is 0 Å². The summed E-state index contributed by atoms with van der Waals surface area (Å²) in [5, 5.41) is 9.24. The lowest BCUT2D eigenvalue weighted by atomic mass is 10.1. The predicted octanol–water partition coefficient (Wildman–Crippen LogP) is 3.62. The van der Waals surface area contributed by atoms with Crippen LogP contribution in [0.25, 0.3) is 20.4 Å². The fourth-order valence-electron chi connectivity index (χ4n) is 2.51. The second kappa shape index (κ2) is 4.20. The molecule has 0 fully saturated rings. The Morgan fingerprint density at radius 3 is 2.74 bits per heavy atom. The van der Waals surface area contributed by atoms with Crippen molar-refractivity contribution in [3.8, 4) is 0 Å². The van der Waals surface area contributed by atoms with E-state index in [1.165, 1.54) is 21.2 Å². The van der Waals surface area contributed by atoms with E-state index in [0.29, 0.717) is 6.04 Å². The lowest BCUT2D eigenvalue weighted by Crippen LogP contribution is -2.10. The van der Waals surface area contributed by atoms with Crippen molar-refractivity contribution in [1.82, 2.24) is 14.8 Å². The van der Waals surface area contributed by atoms with Gasteiger partial charge in [0.1, 0.15) is 4.83 Å². The molecule has 0 aromatic carbocycles. The average molecular weight is 274 g/mol. The Hall–Kier alpha value is -1.62. The molecule has 0 bridgehead atoms. The van der Waals surface area contributed by atoms with Gasteiger partial charge in [-0.05, 0) is 39.3 Å². The van der Waals surface area contributed by atoms with E-state index >= 15 is 0 Å². The Morgan fingerprint density at radius 2 is 2.05 bits per heavy atom. The van der Waals surface area contributed by atoms with Crippen molar-refractivity contribution in [2.24, 2.45) is 7.05 Å². The summed E-state index contributed by atoms with van der Waals surface area (Å²) in [4.78, 5) is 5.76. The van der Waals surface area contributed by atoms with E-state index < -0.39 is 0 Å². The van der Waals surface area contributed by atoms with Crippen LogP contribution >= 0.6 is 11.3 Å². The number of thiophene rings is 1. The van der Waals surface area contributed by atoms with E-state index in [1.54, 1.807) is 11.3 Å². The summed E-state index contributed by atoms with van der Waals surface area (Å²) in [5.41, 5.74) is 3.53. The normalized spacial score (nSPS) is 11.9. The number of aromatic nitrogens is 3. The van der Waals surface area contributed by atoms with Gasteiger partial charge in [-0.15, -0.1) is 11.3 Å². The molecule has 0 spiro atoms. The maximum Gasteiger partial charge on any atom is 0.166 e. The molecule has 3 heterocycles. The quantitative estimate of drug-likeness (QED) is 0.776. The molecule has 3 aromatic heterocycles. The molecule has 0 aliphatic carbocycles. The second-order valence-electron chi connectivity index (χ2n) is 5.31. The summed E-state index contributed by atoms with van der Waals surface area (Å²) in [6, 6.07) is 2.51. The Morgan fingerprint density at radius 1 is 1.32 bits per heavy atom. The molecule has 4 nitrogen and oxygen atoms in total. The summed E-state index contributed by atoms with van der Waals surface area (Å²) in [6.07, 6.45) is 0. The number of rotatable bonds is 2. The molecule has 3 rings (SSSR count). The SMILES string of the molecule is Cc1cc(C)c2c(n1)sc1c(NC(C)C)nn(C)c12. The number of pyridine rings is 1. The Bertz CT molecular complexity index is 767. The molecule has 0 atom stereocenters. The fraction of sp³-hybridized carbons (Fsp3) is 0.429. The molecule has 0 aliphatic rings. The fourth-order valence-corrected chi connectivity index (χ4v) is 3.78. The number of aryl methyl sites for hydroxylation is 3. The molecule has 1 N–H and O–H groups in total. The van der Waals surface area contributed by atoms with Crippen LogP contribution in [0.3, 0.4) is 0 Å². The molecular weight excluding hydrogens is 256 g/mol. The molecule has 19 heavy (non-hydrogen) atoms. The van der Waals surface area contributed by atoms with Crippen molar-refractivity contribution < 1.29 is 0 Å². The van der Waals surface area contributed by atoms with Crippen molar-refractivity contribution >= 4 is 37.6 Å². The molecular formula is C14H18N4S. The Kier molecular flexibility index (Phi) is 2.74. The largest absolute Gasteiger partial charge is 0.365 e. The molecule has 0 saturated heterocycles. The van der Waals surface area contributed by atoms with Gasteiger partial charge in [0, 0.05) is 24.2 Å². The smallest absolute Gasteiger partial charge is 0.166 e. The van der Waals surface area contributed by atoms with Gasteiger partial charge in [0.2, 0.25) is 0 Å². The van der Waals surface area contributed by atoms with Gasteiger partial charge in [-0.1, -0.05) is 0 Å². The highest BCUT2D eigenvalue weighted by atomic mass is 32.1.